The molecular weight excluding hydrogens is 234 g/mol. The summed E-state index contributed by atoms with van der Waals surface area (Å²) in [5.74, 6) is 0.949. The summed E-state index contributed by atoms with van der Waals surface area (Å²) < 4.78 is 0. The number of aliphatic hydroxyl groups is 1. The second-order valence-corrected chi connectivity index (χ2v) is 5.50. The van der Waals surface area contributed by atoms with E-state index in [4.69, 9.17) is 5.11 Å². The molecule has 1 amide bonds. The Morgan fingerprint density at radius 3 is 2.65 bits per heavy atom. The van der Waals surface area contributed by atoms with Crippen LogP contribution in [-0.2, 0) is 4.79 Å². The zero-order valence-corrected chi connectivity index (χ0v) is 10.7. The summed E-state index contributed by atoms with van der Waals surface area (Å²) in [7, 11) is 0. The van der Waals surface area contributed by atoms with Gasteiger partial charge in [-0.25, -0.2) is 0 Å². The first-order valence-electron chi connectivity index (χ1n) is 5.77. The van der Waals surface area contributed by atoms with Crippen LogP contribution in [0.4, 0.5) is 0 Å². The highest BCUT2D eigenvalue weighted by molar-refractivity contribution is 8.00. The summed E-state index contributed by atoms with van der Waals surface area (Å²) in [6.07, 6.45) is 0. The molecule has 1 saturated heterocycles. The smallest absolute Gasteiger partial charge is 0.232 e. The predicted molar refractivity (Wildman–Crippen MR) is 69.1 cm³/mol. The monoisotopic (exact) mass is 251 g/mol. The van der Waals surface area contributed by atoms with Gasteiger partial charge in [0.05, 0.1) is 5.75 Å². The van der Waals surface area contributed by atoms with E-state index in [1.54, 1.807) is 11.8 Å². The Labute approximate surface area is 106 Å². The molecule has 1 aliphatic heterocycles. The van der Waals surface area contributed by atoms with Crippen LogP contribution in [0.3, 0.4) is 0 Å². The molecule has 4 heteroatoms. The molecule has 92 valence electrons. The van der Waals surface area contributed by atoms with Crippen molar-refractivity contribution in [2.75, 3.05) is 25.4 Å². The number of hydrogen-bond acceptors (Lipinski definition) is 3. The van der Waals surface area contributed by atoms with E-state index in [0.29, 0.717) is 24.8 Å². The first-order valence-corrected chi connectivity index (χ1v) is 6.75. The van der Waals surface area contributed by atoms with Crippen LogP contribution in [0, 0.1) is 12.8 Å². The molecule has 1 aromatic carbocycles. The number of benzene rings is 1. The van der Waals surface area contributed by atoms with Gasteiger partial charge in [0.1, 0.15) is 0 Å². The number of carbonyl (C=O) groups excluding carboxylic acids is 1. The Hall–Kier alpha value is -1.00. The third-order valence-electron chi connectivity index (χ3n) is 2.95. The zero-order chi connectivity index (χ0) is 12.3. The Morgan fingerprint density at radius 1 is 1.41 bits per heavy atom. The molecule has 0 atom stereocenters. The minimum atomic E-state index is 0.167. The van der Waals surface area contributed by atoms with Gasteiger partial charge in [0.25, 0.3) is 0 Å². The summed E-state index contributed by atoms with van der Waals surface area (Å²) in [6.45, 7) is 3.66. The Balaban J connectivity index is 1.75. The van der Waals surface area contributed by atoms with Gasteiger partial charge in [-0.2, -0.15) is 0 Å². The first kappa shape index (κ1) is 12.5. The summed E-state index contributed by atoms with van der Waals surface area (Å²) in [4.78, 5) is 14.7. The van der Waals surface area contributed by atoms with Crippen LogP contribution in [0.2, 0.25) is 0 Å². The van der Waals surface area contributed by atoms with E-state index in [0.717, 1.165) is 4.90 Å². The van der Waals surface area contributed by atoms with E-state index in [-0.39, 0.29) is 12.5 Å². The van der Waals surface area contributed by atoms with Crippen LogP contribution in [0.25, 0.3) is 0 Å². The molecular formula is C13H17NO2S. The van der Waals surface area contributed by atoms with E-state index in [1.807, 2.05) is 17.0 Å². The van der Waals surface area contributed by atoms with Crippen molar-refractivity contribution in [3.8, 4) is 0 Å². The summed E-state index contributed by atoms with van der Waals surface area (Å²) in [6, 6.07) is 8.19. The number of likely N-dealkylation sites (tertiary alicyclic amines) is 1. The van der Waals surface area contributed by atoms with Gasteiger partial charge in [-0.3, -0.25) is 4.79 Å². The number of thioether (sulfide) groups is 1. The van der Waals surface area contributed by atoms with Crippen molar-refractivity contribution < 1.29 is 9.90 Å². The standard InChI is InChI=1S/C13H17NO2S/c1-10-2-4-12(5-3-10)17-9-13(16)14-6-11(7-14)8-15/h2-5,11,15H,6-9H2,1H3. The molecule has 1 fully saturated rings. The molecule has 0 bridgehead atoms. The average Bonchev–Trinajstić information content (AvgIpc) is 2.27. The van der Waals surface area contributed by atoms with Gasteiger partial charge >= 0.3 is 0 Å². The molecule has 0 aromatic heterocycles. The fourth-order valence-corrected chi connectivity index (χ4v) is 2.56. The van der Waals surface area contributed by atoms with Gasteiger partial charge < -0.3 is 10.0 Å². The van der Waals surface area contributed by atoms with Gasteiger partial charge in [0.2, 0.25) is 5.91 Å². The number of amides is 1. The highest BCUT2D eigenvalue weighted by Gasteiger charge is 2.29. The van der Waals surface area contributed by atoms with Crippen LogP contribution in [-0.4, -0.2) is 41.4 Å². The molecule has 0 aliphatic carbocycles. The quantitative estimate of drug-likeness (QED) is 0.825. The van der Waals surface area contributed by atoms with Crippen molar-refractivity contribution >= 4 is 17.7 Å². The molecule has 3 nitrogen and oxygen atoms in total. The number of aliphatic hydroxyl groups excluding tert-OH is 1. The number of rotatable bonds is 4. The molecule has 1 heterocycles. The highest BCUT2D eigenvalue weighted by atomic mass is 32.2. The second kappa shape index (κ2) is 5.56. The summed E-state index contributed by atoms with van der Waals surface area (Å²) in [5, 5.41) is 8.88. The minimum Gasteiger partial charge on any atom is -0.396 e. The fourth-order valence-electron chi connectivity index (χ4n) is 1.76. The van der Waals surface area contributed by atoms with Gasteiger partial charge in [-0.1, -0.05) is 17.7 Å². The van der Waals surface area contributed by atoms with Crippen LogP contribution >= 0.6 is 11.8 Å². The van der Waals surface area contributed by atoms with Crippen LogP contribution in [0.5, 0.6) is 0 Å². The number of nitrogens with zero attached hydrogens (tertiary/aromatic N) is 1. The maximum absolute atomic E-state index is 11.8. The van der Waals surface area contributed by atoms with E-state index in [1.165, 1.54) is 5.56 Å². The molecule has 1 aromatic rings. The minimum absolute atomic E-state index is 0.167. The fraction of sp³-hybridized carbons (Fsp3) is 0.462. The number of aryl methyl sites for hydroxylation is 1. The van der Waals surface area contributed by atoms with Crippen LogP contribution in [0.15, 0.2) is 29.2 Å². The lowest BCUT2D eigenvalue weighted by Crippen LogP contribution is -2.51. The molecule has 0 spiro atoms. The topological polar surface area (TPSA) is 40.5 Å². The Morgan fingerprint density at radius 2 is 2.06 bits per heavy atom. The molecule has 17 heavy (non-hydrogen) atoms. The van der Waals surface area contributed by atoms with Gasteiger partial charge in [0.15, 0.2) is 0 Å². The van der Waals surface area contributed by atoms with Crippen molar-refractivity contribution in [2.45, 2.75) is 11.8 Å². The molecule has 0 radical (unpaired) electrons. The van der Waals surface area contributed by atoms with Crippen molar-refractivity contribution in [1.82, 2.24) is 4.90 Å². The lowest BCUT2D eigenvalue weighted by Gasteiger charge is -2.38. The van der Waals surface area contributed by atoms with Crippen molar-refractivity contribution in [2.24, 2.45) is 5.92 Å². The van der Waals surface area contributed by atoms with Crippen molar-refractivity contribution in [3.05, 3.63) is 29.8 Å². The maximum atomic E-state index is 11.8. The summed E-state index contributed by atoms with van der Waals surface area (Å²) >= 11 is 1.57. The average molecular weight is 251 g/mol. The molecule has 2 rings (SSSR count). The molecule has 0 saturated carbocycles. The highest BCUT2D eigenvalue weighted by Crippen LogP contribution is 2.21. The molecule has 1 N–H and O–H groups in total. The maximum Gasteiger partial charge on any atom is 0.232 e. The van der Waals surface area contributed by atoms with E-state index < -0.39 is 0 Å². The lowest BCUT2D eigenvalue weighted by atomic mass is 10.0. The van der Waals surface area contributed by atoms with E-state index >= 15 is 0 Å². The summed E-state index contributed by atoms with van der Waals surface area (Å²) in [5.41, 5.74) is 1.23. The van der Waals surface area contributed by atoms with E-state index in [2.05, 4.69) is 19.1 Å². The van der Waals surface area contributed by atoms with Gasteiger partial charge in [-0.05, 0) is 19.1 Å². The van der Waals surface area contributed by atoms with E-state index in [9.17, 15) is 4.79 Å². The first-order chi connectivity index (χ1) is 8.19. The van der Waals surface area contributed by atoms with Gasteiger partial charge in [-0.15, -0.1) is 11.8 Å². The molecule has 0 unspecified atom stereocenters. The molecule has 1 aliphatic rings. The largest absolute Gasteiger partial charge is 0.396 e. The number of hydrogen-bond donors (Lipinski definition) is 1. The zero-order valence-electron chi connectivity index (χ0n) is 9.93. The third-order valence-corrected chi connectivity index (χ3v) is 3.95. The second-order valence-electron chi connectivity index (χ2n) is 4.45. The van der Waals surface area contributed by atoms with Crippen LogP contribution in [0.1, 0.15) is 5.56 Å². The number of carbonyl (C=O) groups is 1. The van der Waals surface area contributed by atoms with Crippen molar-refractivity contribution in [3.63, 3.8) is 0 Å². The van der Waals surface area contributed by atoms with Crippen molar-refractivity contribution in [1.29, 1.82) is 0 Å². The lowest BCUT2D eigenvalue weighted by molar-refractivity contribution is -0.135. The Kier molecular flexibility index (Phi) is 4.07. The third kappa shape index (κ3) is 3.23. The SMILES string of the molecule is Cc1ccc(SCC(=O)N2CC(CO)C2)cc1. The van der Waals surface area contributed by atoms with Crippen LogP contribution < -0.4 is 0 Å². The van der Waals surface area contributed by atoms with Gasteiger partial charge in [0, 0.05) is 30.5 Å². The normalized spacial score (nSPS) is 15.8. The predicted octanol–water partition coefficient (Wildman–Crippen LogP) is 1.54. The Bertz CT molecular complexity index is 385.